The molecule has 6 nitrogen and oxygen atoms in total. The van der Waals surface area contributed by atoms with E-state index in [2.05, 4.69) is 71.9 Å². The molecule has 6 heteroatoms. The third-order valence-corrected chi connectivity index (χ3v) is 8.09. The van der Waals surface area contributed by atoms with Crippen molar-refractivity contribution in [2.24, 2.45) is 0 Å². The smallest absolute Gasteiger partial charge is 0.161 e. The van der Waals surface area contributed by atoms with E-state index in [-0.39, 0.29) is 18.6 Å². The summed E-state index contributed by atoms with van der Waals surface area (Å²) in [5.74, 6) is 8.35. The number of anilines is 2. The lowest BCUT2D eigenvalue weighted by Crippen LogP contribution is -2.33. The Hall–Kier alpha value is -5.20. The highest BCUT2D eigenvalue weighted by molar-refractivity contribution is 5.55. The Labute approximate surface area is 253 Å². The van der Waals surface area contributed by atoms with Crippen LogP contribution >= 0.6 is 0 Å². The van der Waals surface area contributed by atoms with E-state index < -0.39 is 0 Å². The van der Waals surface area contributed by atoms with Crippen LogP contribution in [0.5, 0.6) is 23.0 Å². The Bertz CT molecular complexity index is 1560. The number of terminal acetylenes is 2. The fourth-order valence-electron chi connectivity index (χ4n) is 5.52. The largest absolute Gasteiger partial charge is 0.481 e. The van der Waals surface area contributed by atoms with Crippen LogP contribution in [0.15, 0.2) is 84.9 Å². The van der Waals surface area contributed by atoms with Gasteiger partial charge in [0.15, 0.2) is 13.5 Å². The van der Waals surface area contributed by atoms with E-state index in [0.717, 1.165) is 58.6 Å². The van der Waals surface area contributed by atoms with Crippen molar-refractivity contribution in [1.29, 1.82) is 0 Å². The van der Waals surface area contributed by atoms with Gasteiger partial charge in [-0.05, 0) is 83.9 Å². The van der Waals surface area contributed by atoms with E-state index in [1.807, 2.05) is 48.5 Å². The van der Waals surface area contributed by atoms with Crippen molar-refractivity contribution in [3.05, 3.63) is 107 Å². The Morgan fingerprint density at radius 1 is 0.651 bits per heavy atom. The fourth-order valence-corrected chi connectivity index (χ4v) is 5.52. The molecule has 0 bridgehead atoms. The maximum Gasteiger partial charge on any atom is 0.161 e. The third-order valence-electron chi connectivity index (χ3n) is 8.09. The highest BCUT2D eigenvalue weighted by Gasteiger charge is 2.28. The van der Waals surface area contributed by atoms with E-state index in [9.17, 15) is 0 Å². The molecule has 0 radical (unpaired) electrons. The number of ether oxygens (including phenoxy) is 4. The van der Waals surface area contributed by atoms with Crippen LogP contribution in [0.1, 0.15) is 36.1 Å². The summed E-state index contributed by atoms with van der Waals surface area (Å²) in [7, 11) is 0. The van der Waals surface area contributed by atoms with Gasteiger partial charge in [-0.25, -0.2) is 0 Å². The molecule has 0 aromatic heterocycles. The normalized spacial score (nSPS) is 13.9. The molecule has 6 rings (SSSR count). The van der Waals surface area contributed by atoms with Crippen molar-refractivity contribution in [3.8, 4) is 47.7 Å². The van der Waals surface area contributed by atoms with E-state index in [1.54, 1.807) is 0 Å². The molecular formula is C37H34N2O4. The van der Waals surface area contributed by atoms with Gasteiger partial charge in [-0.1, -0.05) is 37.8 Å². The molecule has 43 heavy (non-hydrogen) atoms. The summed E-state index contributed by atoms with van der Waals surface area (Å²) in [6, 6.07) is 29.0. The second-order valence-electron chi connectivity index (χ2n) is 11.2. The highest BCUT2D eigenvalue weighted by Crippen LogP contribution is 2.39. The lowest BCUT2D eigenvalue weighted by Gasteiger charge is -2.34. The van der Waals surface area contributed by atoms with Crippen LogP contribution in [0, 0.1) is 24.7 Å². The maximum atomic E-state index is 6.14. The molecule has 0 atom stereocenters. The summed E-state index contributed by atoms with van der Waals surface area (Å²) in [4.78, 5) is 4.42. The van der Waals surface area contributed by atoms with Gasteiger partial charge in [0.1, 0.15) is 36.2 Å². The van der Waals surface area contributed by atoms with Gasteiger partial charge in [-0.2, -0.15) is 0 Å². The maximum absolute atomic E-state index is 6.14. The summed E-state index contributed by atoms with van der Waals surface area (Å²) in [5.41, 5.74) is 6.67. The molecule has 4 aromatic rings. The molecule has 2 aliphatic heterocycles. The number of benzene rings is 4. The van der Waals surface area contributed by atoms with Crippen LogP contribution in [0.3, 0.4) is 0 Å². The standard InChI is InChI=1S/C37H34N2O4/c1-5-19-40-33-13-9-31(10-14-33)38-23-27-21-29(7-17-35(27)42-25-38)37(3,4)30-8-18-36-28(22-30)24-39(26-43-36)32-11-15-34(16-12-32)41-20-6-2/h1-2,7-18,21-22H,19-20,23-26H2,3-4H3. The van der Waals surface area contributed by atoms with Gasteiger partial charge in [-0.3, -0.25) is 0 Å². The Morgan fingerprint density at radius 3 is 1.47 bits per heavy atom. The number of nitrogens with zero attached hydrogens (tertiary/aromatic N) is 2. The summed E-state index contributed by atoms with van der Waals surface area (Å²) in [5, 5.41) is 0. The first-order chi connectivity index (χ1) is 20.9. The van der Waals surface area contributed by atoms with Crippen molar-refractivity contribution in [2.75, 3.05) is 36.5 Å². The summed E-state index contributed by atoms with van der Waals surface area (Å²) in [6.45, 7) is 7.53. The molecule has 216 valence electrons. The molecule has 0 saturated heterocycles. The molecule has 0 spiro atoms. The molecule has 0 amide bonds. The second-order valence-corrected chi connectivity index (χ2v) is 11.2. The molecule has 0 aliphatic carbocycles. The monoisotopic (exact) mass is 570 g/mol. The van der Waals surface area contributed by atoms with Gasteiger partial charge in [0, 0.05) is 41.0 Å². The van der Waals surface area contributed by atoms with Crippen molar-refractivity contribution >= 4 is 11.4 Å². The van der Waals surface area contributed by atoms with Gasteiger partial charge in [0.05, 0.1) is 0 Å². The lowest BCUT2D eigenvalue weighted by molar-refractivity contribution is 0.288. The first-order valence-electron chi connectivity index (χ1n) is 14.3. The number of rotatable bonds is 8. The van der Waals surface area contributed by atoms with Crippen molar-refractivity contribution in [3.63, 3.8) is 0 Å². The predicted octanol–water partition coefficient (Wildman–Crippen LogP) is 6.75. The summed E-state index contributed by atoms with van der Waals surface area (Å²) in [6.07, 6.45) is 10.6. The van der Waals surface area contributed by atoms with E-state index in [4.69, 9.17) is 31.8 Å². The number of hydrogen-bond donors (Lipinski definition) is 0. The zero-order chi connectivity index (χ0) is 29.8. The van der Waals surface area contributed by atoms with Crippen LogP contribution in [0.2, 0.25) is 0 Å². The van der Waals surface area contributed by atoms with Crippen LogP contribution < -0.4 is 28.7 Å². The quantitative estimate of drug-likeness (QED) is 0.219. The second kappa shape index (κ2) is 12.0. The first kappa shape index (κ1) is 27.9. The van der Waals surface area contributed by atoms with Crippen LogP contribution in [-0.2, 0) is 18.5 Å². The minimum atomic E-state index is -0.235. The molecule has 4 aromatic carbocycles. The zero-order valence-corrected chi connectivity index (χ0v) is 24.5. The molecule has 0 unspecified atom stereocenters. The molecule has 2 aliphatic rings. The summed E-state index contributed by atoms with van der Waals surface area (Å²) < 4.78 is 23.3. The molecule has 0 fully saturated rings. The highest BCUT2D eigenvalue weighted by atomic mass is 16.5. The van der Waals surface area contributed by atoms with Gasteiger partial charge in [0.25, 0.3) is 0 Å². The Kier molecular flexibility index (Phi) is 7.77. The molecule has 2 heterocycles. The fraction of sp³-hybridized carbons (Fsp3) is 0.243. The lowest BCUT2D eigenvalue weighted by atomic mass is 9.77. The number of fused-ring (bicyclic) bond motifs is 2. The van der Waals surface area contributed by atoms with Crippen LogP contribution in [0.4, 0.5) is 11.4 Å². The van der Waals surface area contributed by atoms with Crippen molar-refractivity contribution < 1.29 is 18.9 Å². The Balaban J connectivity index is 1.19. The zero-order valence-electron chi connectivity index (χ0n) is 24.5. The third kappa shape index (κ3) is 5.92. The predicted molar refractivity (Wildman–Crippen MR) is 170 cm³/mol. The topological polar surface area (TPSA) is 43.4 Å². The van der Waals surface area contributed by atoms with Gasteiger partial charge in [-0.15, -0.1) is 12.8 Å². The van der Waals surface area contributed by atoms with Crippen molar-refractivity contribution in [1.82, 2.24) is 0 Å². The molecular weight excluding hydrogens is 536 g/mol. The van der Waals surface area contributed by atoms with Gasteiger partial charge >= 0.3 is 0 Å². The van der Waals surface area contributed by atoms with Crippen molar-refractivity contribution in [2.45, 2.75) is 32.4 Å². The van der Waals surface area contributed by atoms with Gasteiger partial charge < -0.3 is 28.7 Å². The first-order valence-corrected chi connectivity index (χ1v) is 14.3. The van der Waals surface area contributed by atoms with E-state index in [1.165, 1.54) is 11.1 Å². The van der Waals surface area contributed by atoms with Crippen LogP contribution in [-0.4, -0.2) is 26.7 Å². The molecule has 0 N–H and O–H groups in total. The number of hydrogen-bond acceptors (Lipinski definition) is 6. The minimum Gasteiger partial charge on any atom is -0.481 e. The summed E-state index contributed by atoms with van der Waals surface area (Å²) >= 11 is 0. The Morgan fingerprint density at radius 2 is 1.07 bits per heavy atom. The van der Waals surface area contributed by atoms with E-state index >= 15 is 0 Å². The average Bonchev–Trinajstić information content (AvgIpc) is 3.05. The van der Waals surface area contributed by atoms with Gasteiger partial charge in [0.2, 0.25) is 0 Å². The minimum absolute atomic E-state index is 0.235. The average molecular weight is 571 g/mol. The SMILES string of the molecule is C#CCOc1ccc(N2COc3ccc(C(C)(C)c4ccc5c(c4)CN(c4ccc(OCC#C)cc4)CO5)cc3C2)cc1. The van der Waals surface area contributed by atoms with Crippen LogP contribution in [0.25, 0.3) is 0 Å². The molecule has 0 saturated carbocycles. The van der Waals surface area contributed by atoms with E-state index in [0.29, 0.717) is 13.5 Å².